The van der Waals surface area contributed by atoms with Crippen molar-refractivity contribution in [2.75, 3.05) is 0 Å². The predicted octanol–water partition coefficient (Wildman–Crippen LogP) is 1.39. The van der Waals surface area contributed by atoms with Gasteiger partial charge >= 0.3 is 11.9 Å². The average Bonchev–Trinajstić information content (AvgIpc) is 1.92. The Labute approximate surface area is 78.2 Å². The Hall–Kier alpha value is -0.600. The summed E-state index contributed by atoms with van der Waals surface area (Å²) in [6, 6.07) is 0. The summed E-state index contributed by atoms with van der Waals surface area (Å²) in [5, 5.41) is 0. The van der Waals surface area contributed by atoms with E-state index in [-0.39, 0.29) is 3.57 Å². The van der Waals surface area contributed by atoms with Crippen molar-refractivity contribution in [1.29, 1.82) is 0 Å². The molecule has 1 heterocycles. The van der Waals surface area contributed by atoms with Crippen molar-refractivity contribution < 1.29 is 13.2 Å². The van der Waals surface area contributed by atoms with E-state index in [9.17, 15) is 18.0 Å². The van der Waals surface area contributed by atoms with Gasteiger partial charge in [0.1, 0.15) is 5.69 Å². The van der Waals surface area contributed by atoms with Crippen molar-refractivity contribution in [2.45, 2.75) is 6.18 Å². The SMILES string of the molecule is O=c1ncc(I)c(C(F)(F)F)[nH]1. The molecule has 66 valence electrons. The smallest absolute Gasteiger partial charge is 0.301 e. The van der Waals surface area contributed by atoms with Crippen LogP contribution in [0.3, 0.4) is 0 Å². The highest BCUT2D eigenvalue weighted by Gasteiger charge is 2.34. The lowest BCUT2D eigenvalue weighted by molar-refractivity contribution is -0.142. The van der Waals surface area contributed by atoms with Gasteiger partial charge < -0.3 is 4.98 Å². The van der Waals surface area contributed by atoms with E-state index in [4.69, 9.17) is 0 Å². The molecule has 1 aromatic heterocycles. The zero-order chi connectivity index (χ0) is 9.35. The van der Waals surface area contributed by atoms with E-state index < -0.39 is 17.6 Å². The normalized spacial score (nSPS) is 11.7. The Morgan fingerprint density at radius 2 is 2.08 bits per heavy atom. The second-order valence-corrected chi connectivity index (χ2v) is 3.07. The number of rotatable bonds is 0. The number of nitrogens with zero attached hydrogens (tertiary/aromatic N) is 1. The highest BCUT2D eigenvalue weighted by Crippen LogP contribution is 2.29. The summed E-state index contributed by atoms with van der Waals surface area (Å²) in [6.07, 6.45) is -3.65. The number of aromatic nitrogens is 2. The minimum Gasteiger partial charge on any atom is -0.301 e. The molecule has 0 unspecified atom stereocenters. The van der Waals surface area contributed by atoms with Crippen LogP contribution >= 0.6 is 22.6 Å². The average molecular weight is 290 g/mol. The molecule has 0 radical (unpaired) electrons. The van der Waals surface area contributed by atoms with Gasteiger partial charge in [-0.25, -0.2) is 9.78 Å². The van der Waals surface area contributed by atoms with Gasteiger partial charge in [-0.1, -0.05) is 0 Å². The Kier molecular flexibility index (Phi) is 2.40. The van der Waals surface area contributed by atoms with Gasteiger partial charge in [-0.05, 0) is 22.6 Å². The molecule has 0 saturated heterocycles. The van der Waals surface area contributed by atoms with E-state index in [1.807, 2.05) is 0 Å². The number of hydrogen-bond acceptors (Lipinski definition) is 2. The summed E-state index contributed by atoms with van der Waals surface area (Å²) in [5.41, 5.74) is -2.05. The summed E-state index contributed by atoms with van der Waals surface area (Å²) in [6.45, 7) is 0. The lowest BCUT2D eigenvalue weighted by Crippen LogP contribution is -2.20. The quantitative estimate of drug-likeness (QED) is 0.734. The van der Waals surface area contributed by atoms with Crippen LogP contribution < -0.4 is 5.69 Å². The van der Waals surface area contributed by atoms with Crippen molar-refractivity contribution in [3.8, 4) is 0 Å². The summed E-state index contributed by atoms with van der Waals surface area (Å²) < 4.78 is 36.0. The fourth-order valence-corrected chi connectivity index (χ4v) is 1.16. The first-order chi connectivity index (χ1) is 5.41. The summed E-state index contributed by atoms with van der Waals surface area (Å²) in [7, 11) is 0. The van der Waals surface area contributed by atoms with Gasteiger partial charge in [0.2, 0.25) is 0 Å². The van der Waals surface area contributed by atoms with Gasteiger partial charge in [-0.2, -0.15) is 13.2 Å². The summed E-state index contributed by atoms with van der Waals surface area (Å²) in [5.74, 6) is 0. The van der Waals surface area contributed by atoms with Crippen molar-refractivity contribution >= 4 is 22.6 Å². The molecule has 7 heteroatoms. The zero-order valence-electron chi connectivity index (χ0n) is 5.44. The molecule has 0 amide bonds. The standard InChI is InChI=1S/C5H2F3IN2O/c6-5(7,8)3-2(9)1-10-4(12)11-3/h1H,(H,10,11,12). The molecule has 0 spiro atoms. The molecule has 0 bridgehead atoms. The Bertz CT molecular complexity index is 345. The number of aromatic amines is 1. The molecule has 0 saturated carbocycles. The van der Waals surface area contributed by atoms with Crippen LogP contribution in [0.15, 0.2) is 11.0 Å². The fourth-order valence-electron chi connectivity index (χ4n) is 0.585. The Morgan fingerprint density at radius 1 is 1.50 bits per heavy atom. The number of alkyl halides is 3. The van der Waals surface area contributed by atoms with Crippen LogP contribution in [-0.2, 0) is 6.18 Å². The number of H-pyrrole nitrogens is 1. The van der Waals surface area contributed by atoms with Crippen LogP contribution in [-0.4, -0.2) is 9.97 Å². The van der Waals surface area contributed by atoms with E-state index in [1.165, 1.54) is 22.6 Å². The lowest BCUT2D eigenvalue weighted by atomic mass is 10.4. The third kappa shape index (κ3) is 1.96. The van der Waals surface area contributed by atoms with E-state index in [0.29, 0.717) is 0 Å². The predicted molar refractivity (Wildman–Crippen MR) is 42.6 cm³/mol. The molecule has 1 aromatic rings. The van der Waals surface area contributed by atoms with Gasteiger partial charge in [0, 0.05) is 6.20 Å². The van der Waals surface area contributed by atoms with Crippen LogP contribution in [0, 0.1) is 3.57 Å². The minimum atomic E-state index is -4.53. The molecular formula is C5H2F3IN2O. The Balaban J connectivity index is 3.33. The third-order valence-electron chi connectivity index (χ3n) is 1.05. The molecular weight excluding hydrogens is 288 g/mol. The van der Waals surface area contributed by atoms with Gasteiger partial charge in [-0.15, -0.1) is 0 Å². The molecule has 12 heavy (non-hydrogen) atoms. The molecule has 0 atom stereocenters. The topological polar surface area (TPSA) is 45.8 Å². The van der Waals surface area contributed by atoms with Crippen molar-refractivity contribution in [1.82, 2.24) is 9.97 Å². The van der Waals surface area contributed by atoms with Crippen molar-refractivity contribution in [2.24, 2.45) is 0 Å². The van der Waals surface area contributed by atoms with Crippen LogP contribution in [0.2, 0.25) is 0 Å². The first-order valence-corrected chi connectivity index (χ1v) is 3.81. The highest BCUT2D eigenvalue weighted by atomic mass is 127. The first kappa shape index (κ1) is 9.49. The van der Waals surface area contributed by atoms with Crippen LogP contribution in [0.1, 0.15) is 5.69 Å². The van der Waals surface area contributed by atoms with Crippen molar-refractivity contribution in [3.05, 3.63) is 25.9 Å². The molecule has 1 rings (SSSR count). The lowest BCUT2D eigenvalue weighted by Gasteiger charge is -2.06. The van der Waals surface area contributed by atoms with Gasteiger partial charge in [0.05, 0.1) is 3.57 Å². The second kappa shape index (κ2) is 3.04. The highest BCUT2D eigenvalue weighted by molar-refractivity contribution is 14.1. The van der Waals surface area contributed by atoms with Gasteiger partial charge in [0.15, 0.2) is 0 Å². The second-order valence-electron chi connectivity index (χ2n) is 1.91. The molecule has 1 N–H and O–H groups in total. The Morgan fingerprint density at radius 3 is 2.50 bits per heavy atom. The minimum absolute atomic E-state index is 0.125. The zero-order valence-corrected chi connectivity index (χ0v) is 7.60. The molecule has 3 nitrogen and oxygen atoms in total. The fraction of sp³-hybridized carbons (Fsp3) is 0.200. The van der Waals surface area contributed by atoms with Crippen LogP contribution in [0.25, 0.3) is 0 Å². The maximum Gasteiger partial charge on any atom is 0.432 e. The maximum atomic E-state index is 12.0. The van der Waals surface area contributed by atoms with Crippen LogP contribution in [0.4, 0.5) is 13.2 Å². The summed E-state index contributed by atoms with van der Waals surface area (Å²) in [4.78, 5) is 15.2. The molecule has 0 aliphatic rings. The van der Waals surface area contributed by atoms with E-state index in [1.54, 1.807) is 4.98 Å². The number of nitrogens with one attached hydrogen (secondary N) is 1. The van der Waals surface area contributed by atoms with Crippen LogP contribution in [0.5, 0.6) is 0 Å². The summed E-state index contributed by atoms with van der Waals surface area (Å²) >= 11 is 1.45. The molecule has 0 fully saturated rings. The van der Waals surface area contributed by atoms with E-state index >= 15 is 0 Å². The molecule has 0 aliphatic heterocycles. The van der Waals surface area contributed by atoms with Crippen molar-refractivity contribution in [3.63, 3.8) is 0 Å². The number of hydrogen-bond donors (Lipinski definition) is 1. The largest absolute Gasteiger partial charge is 0.432 e. The molecule has 0 aromatic carbocycles. The van der Waals surface area contributed by atoms with Gasteiger partial charge in [-0.3, -0.25) is 0 Å². The first-order valence-electron chi connectivity index (χ1n) is 2.73. The number of halogens is 4. The van der Waals surface area contributed by atoms with E-state index in [2.05, 4.69) is 4.98 Å². The maximum absolute atomic E-state index is 12.0. The van der Waals surface area contributed by atoms with Gasteiger partial charge in [0.25, 0.3) is 0 Å². The molecule has 0 aliphatic carbocycles. The monoisotopic (exact) mass is 290 g/mol. The van der Waals surface area contributed by atoms with E-state index in [0.717, 1.165) is 6.20 Å². The third-order valence-corrected chi connectivity index (χ3v) is 1.87.